The fourth-order valence-corrected chi connectivity index (χ4v) is 2.88. The highest BCUT2D eigenvalue weighted by Gasteiger charge is 2.32. The normalized spacial score (nSPS) is 23.2. The van der Waals surface area contributed by atoms with Crippen molar-refractivity contribution in [1.29, 1.82) is 0 Å². The van der Waals surface area contributed by atoms with E-state index in [1.54, 1.807) is 0 Å². The molecule has 21 heavy (non-hydrogen) atoms. The Kier molecular flexibility index (Phi) is 6.48. The van der Waals surface area contributed by atoms with E-state index < -0.39 is 0 Å². The van der Waals surface area contributed by atoms with Crippen molar-refractivity contribution in [3.8, 4) is 5.75 Å². The van der Waals surface area contributed by atoms with Gasteiger partial charge in [0.2, 0.25) is 0 Å². The topological polar surface area (TPSA) is 44.7 Å². The molecule has 0 radical (unpaired) electrons. The number of hydrogen-bond acceptors (Lipinski definition) is 4. The summed E-state index contributed by atoms with van der Waals surface area (Å²) in [6.07, 6.45) is 2.12. The Bertz CT molecular complexity index is 427. The van der Waals surface area contributed by atoms with Gasteiger partial charge in [0.25, 0.3) is 0 Å². The second-order valence-electron chi connectivity index (χ2n) is 5.83. The van der Waals surface area contributed by atoms with E-state index in [0.29, 0.717) is 0 Å². The van der Waals surface area contributed by atoms with Gasteiger partial charge in [-0.2, -0.15) is 0 Å². The van der Waals surface area contributed by atoms with Gasteiger partial charge in [-0.15, -0.1) is 0 Å². The summed E-state index contributed by atoms with van der Waals surface area (Å²) >= 11 is 3.41. The Hall–Kier alpha value is -0.620. The van der Waals surface area contributed by atoms with E-state index in [2.05, 4.69) is 33.1 Å². The number of rotatable bonds is 7. The van der Waals surface area contributed by atoms with Gasteiger partial charge in [0.05, 0.1) is 18.8 Å². The van der Waals surface area contributed by atoms with Crippen LogP contribution in [0.1, 0.15) is 19.8 Å². The van der Waals surface area contributed by atoms with Gasteiger partial charge in [0.1, 0.15) is 5.75 Å². The molecule has 0 bridgehead atoms. The Morgan fingerprint density at radius 2 is 2.10 bits per heavy atom. The summed E-state index contributed by atoms with van der Waals surface area (Å²) < 4.78 is 6.79. The lowest BCUT2D eigenvalue weighted by atomic mass is 9.98. The number of piperazine rings is 1. The Morgan fingerprint density at radius 3 is 2.81 bits per heavy atom. The molecule has 0 saturated carbocycles. The van der Waals surface area contributed by atoms with Crippen LogP contribution in [0.2, 0.25) is 0 Å². The average Bonchev–Trinajstić information content (AvgIpc) is 2.50. The van der Waals surface area contributed by atoms with Gasteiger partial charge in [-0.3, -0.25) is 4.90 Å². The van der Waals surface area contributed by atoms with E-state index in [4.69, 9.17) is 4.74 Å². The quantitative estimate of drug-likeness (QED) is 0.735. The monoisotopic (exact) mass is 356 g/mol. The summed E-state index contributed by atoms with van der Waals surface area (Å²) in [5.41, 5.74) is -0.120. The molecular formula is C16H25BrN2O2. The molecule has 1 atom stereocenters. The molecule has 2 rings (SSSR count). The summed E-state index contributed by atoms with van der Waals surface area (Å²) in [5, 5.41) is 12.9. The number of nitrogens with zero attached hydrogens (tertiary/aromatic N) is 1. The first-order valence-corrected chi connectivity index (χ1v) is 8.38. The van der Waals surface area contributed by atoms with Crippen LogP contribution in [0, 0.1) is 0 Å². The van der Waals surface area contributed by atoms with Crippen LogP contribution in [0.15, 0.2) is 28.7 Å². The first kappa shape index (κ1) is 16.7. The van der Waals surface area contributed by atoms with Crippen LogP contribution in [0.25, 0.3) is 0 Å². The van der Waals surface area contributed by atoms with Crippen molar-refractivity contribution >= 4 is 15.9 Å². The molecule has 0 spiro atoms. The smallest absolute Gasteiger partial charge is 0.119 e. The van der Waals surface area contributed by atoms with Crippen molar-refractivity contribution in [2.45, 2.75) is 25.3 Å². The Morgan fingerprint density at radius 1 is 1.33 bits per heavy atom. The number of hydrogen-bond donors (Lipinski definition) is 2. The van der Waals surface area contributed by atoms with Gasteiger partial charge in [0.15, 0.2) is 0 Å². The average molecular weight is 357 g/mol. The van der Waals surface area contributed by atoms with E-state index in [1.165, 1.54) is 0 Å². The van der Waals surface area contributed by atoms with Crippen molar-refractivity contribution in [2.24, 2.45) is 0 Å². The third-order valence-corrected chi connectivity index (χ3v) is 4.60. The first-order chi connectivity index (χ1) is 10.1. The van der Waals surface area contributed by atoms with Crippen LogP contribution in [0.5, 0.6) is 5.75 Å². The lowest BCUT2D eigenvalue weighted by Gasteiger charge is -2.44. The number of aliphatic hydroxyl groups is 1. The molecule has 1 aliphatic rings. The summed E-state index contributed by atoms with van der Waals surface area (Å²) in [7, 11) is 0. The van der Waals surface area contributed by atoms with E-state index >= 15 is 0 Å². The number of nitrogens with one attached hydrogen (secondary N) is 1. The summed E-state index contributed by atoms with van der Waals surface area (Å²) in [6, 6.07) is 7.93. The molecule has 1 fully saturated rings. The fourth-order valence-electron chi connectivity index (χ4n) is 2.62. The molecule has 1 aromatic carbocycles. The van der Waals surface area contributed by atoms with Gasteiger partial charge in [-0.1, -0.05) is 15.9 Å². The number of ether oxygens (including phenoxy) is 1. The van der Waals surface area contributed by atoms with Crippen molar-refractivity contribution in [2.75, 3.05) is 39.4 Å². The SMILES string of the molecule is CC1(CO)CNCCN1CCCCOc1ccc(Br)cc1. The standard InChI is InChI=1S/C16H25BrN2O2/c1-16(13-20)12-18-8-10-19(16)9-2-3-11-21-15-6-4-14(17)5-7-15/h4-7,18,20H,2-3,8-13H2,1H3. The van der Waals surface area contributed by atoms with Gasteiger partial charge in [-0.25, -0.2) is 0 Å². The predicted molar refractivity (Wildman–Crippen MR) is 88.8 cm³/mol. The number of aliphatic hydroxyl groups excluding tert-OH is 1. The zero-order valence-electron chi connectivity index (χ0n) is 12.6. The maximum atomic E-state index is 9.58. The van der Waals surface area contributed by atoms with Crippen LogP contribution in [-0.4, -0.2) is 54.9 Å². The molecule has 118 valence electrons. The summed E-state index contributed by atoms with van der Waals surface area (Å²) in [6.45, 7) is 6.95. The third-order valence-electron chi connectivity index (χ3n) is 4.07. The molecule has 1 saturated heterocycles. The minimum atomic E-state index is -0.120. The Labute approximate surface area is 135 Å². The van der Waals surface area contributed by atoms with Gasteiger partial charge in [0, 0.05) is 24.1 Å². The van der Waals surface area contributed by atoms with Gasteiger partial charge >= 0.3 is 0 Å². The van der Waals surface area contributed by atoms with Crippen molar-refractivity contribution in [3.63, 3.8) is 0 Å². The molecule has 0 aromatic heterocycles. The van der Waals surface area contributed by atoms with E-state index in [0.717, 1.165) is 55.8 Å². The number of benzene rings is 1. The molecule has 1 aliphatic heterocycles. The number of halogens is 1. The van der Waals surface area contributed by atoms with Gasteiger partial charge in [-0.05, 0) is 50.6 Å². The molecule has 1 aromatic rings. The second-order valence-corrected chi connectivity index (χ2v) is 6.74. The molecule has 5 heteroatoms. The highest BCUT2D eigenvalue weighted by atomic mass is 79.9. The second kappa shape index (κ2) is 8.13. The first-order valence-electron chi connectivity index (χ1n) is 7.59. The van der Waals surface area contributed by atoms with Crippen molar-refractivity contribution in [1.82, 2.24) is 10.2 Å². The minimum Gasteiger partial charge on any atom is -0.494 e. The maximum Gasteiger partial charge on any atom is 0.119 e. The van der Waals surface area contributed by atoms with Crippen LogP contribution in [0.3, 0.4) is 0 Å². The zero-order valence-corrected chi connectivity index (χ0v) is 14.2. The summed E-state index contributed by atoms with van der Waals surface area (Å²) in [4.78, 5) is 2.39. The van der Waals surface area contributed by atoms with E-state index in [1.807, 2.05) is 24.3 Å². The summed E-state index contributed by atoms with van der Waals surface area (Å²) in [5.74, 6) is 0.917. The Balaban J connectivity index is 1.66. The van der Waals surface area contributed by atoms with Crippen molar-refractivity contribution in [3.05, 3.63) is 28.7 Å². The van der Waals surface area contributed by atoms with Crippen LogP contribution < -0.4 is 10.1 Å². The predicted octanol–water partition coefficient (Wildman–Crippen LogP) is 2.26. The van der Waals surface area contributed by atoms with Crippen LogP contribution >= 0.6 is 15.9 Å². The molecule has 1 heterocycles. The van der Waals surface area contributed by atoms with Gasteiger partial charge < -0.3 is 15.2 Å². The molecular weight excluding hydrogens is 332 g/mol. The highest BCUT2D eigenvalue weighted by molar-refractivity contribution is 9.10. The molecule has 0 amide bonds. The lowest BCUT2D eigenvalue weighted by molar-refractivity contribution is 0.0220. The van der Waals surface area contributed by atoms with E-state index in [9.17, 15) is 5.11 Å². The zero-order chi connectivity index (χ0) is 15.1. The van der Waals surface area contributed by atoms with E-state index in [-0.39, 0.29) is 12.1 Å². The third kappa shape index (κ3) is 4.95. The molecule has 2 N–H and O–H groups in total. The maximum absolute atomic E-state index is 9.58. The number of unbranched alkanes of at least 4 members (excludes halogenated alkanes) is 1. The largest absolute Gasteiger partial charge is 0.494 e. The van der Waals surface area contributed by atoms with Crippen LogP contribution in [-0.2, 0) is 0 Å². The molecule has 1 unspecified atom stereocenters. The van der Waals surface area contributed by atoms with Crippen molar-refractivity contribution < 1.29 is 9.84 Å². The molecule has 0 aliphatic carbocycles. The lowest BCUT2D eigenvalue weighted by Crippen LogP contribution is -2.61. The minimum absolute atomic E-state index is 0.120. The molecule has 4 nitrogen and oxygen atoms in total. The fraction of sp³-hybridized carbons (Fsp3) is 0.625. The van der Waals surface area contributed by atoms with Crippen LogP contribution in [0.4, 0.5) is 0 Å². The highest BCUT2D eigenvalue weighted by Crippen LogP contribution is 2.18.